The molecular weight excluding hydrogens is 274 g/mol. The summed E-state index contributed by atoms with van der Waals surface area (Å²) in [5.74, 6) is -2.63. The van der Waals surface area contributed by atoms with Crippen molar-refractivity contribution in [3.8, 4) is 0 Å². The standard InChI is InChI=1S/C10H19N3O5S/c1-4(10(17)18)12-8(15)6(3-19)13-9(16)7(11)5(2)14/h4-7,14,19H,3,11H2,1-2H3,(H,12,15)(H,13,16)(H,17,18). The largest absolute Gasteiger partial charge is 0.480 e. The maximum Gasteiger partial charge on any atom is 0.325 e. The molecule has 4 atom stereocenters. The quantitative estimate of drug-likeness (QED) is 0.291. The Morgan fingerprint density at radius 1 is 1.21 bits per heavy atom. The summed E-state index contributed by atoms with van der Waals surface area (Å²) in [6.07, 6.45) is -1.07. The average molecular weight is 293 g/mol. The zero-order valence-electron chi connectivity index (χ0n) is 10.7. The lowest BCUT2D eigenvalue weighted by atomic mass is 10.1. The van der Waals surface area contributed by atoms with Crippen molar-refractivity contribution in [2.45, 2.75) is 38.1 Å². The Kier molecular flexibility index (Phi) is 7.42. The number of thiol groups is 1. The van der Waals surface area contributed by atoms with Crippen LogP contribution in [0.3, 0.4) is 0 Å². The number of nitrogens with two attached hydrogens (primary N) is 1. The topological polar surface area (TPSA) is 142 Å². The molecule has 0 fully saturated rings. The molecule has 9 heteroatoms. The summed E-state index contributed by atoms with van der Waals surface area (Å²) in [4.78, 5) is 33.8. The van der Waals surface area contributed by atoms with Crippen molar-refractivity contribution in [1.29, 1.82) is 0 Å². The Bertz CT molecular complexity index is 350. The van der Waals surface area contributed by atoms with Crippen LogP contribution in [-0.4, -0.2) is 58.0 Å². The molecule has 0 aliphatic heterocycles. The maximum absolute atomic E-state index is 11.7. The second-order valence-electron chi connectivity index (χ2n) is 4.08. The van der Waals surface area contributed by atoms with Crippen LogP contribution in [0.1, 0.15) is 13.8 Å². The lowest BCUT2D eigenvalue weighted by Gasteiger charge is -2.21. The number of hydrogen-bond acceptors (Lipinski definition) is 6. The number of amides is 2. The summed E-state index contributed by atoms with van der Waals surface area (Å²) >= 11 is 3.90. The number of carbonyl (C=O) groups excluding carboxylic acids is 2. The predicted octanol–water partition coefficient (Wildman–Crippen LogP) is -2.30. The highest BCUT2D eigenvalue weighted by atomic mass is 32.1. The number of nitrogens with one attached hydrogen (secondary N) is 2. The minimum Gasteiger partial charge on any atom is -0.480 e. The molecule has 0 saturated heterocycles. The highest BCUT2D eigenvalue weighted by Crippen LogP contribution is 1.95. The molecule has 4 unspecified atom stereocenters. The van der Waals surface area contributed by atoms with Gasteiger partial charge in [-0.05, 0) is 13.8 Å². The Hall–Kier alpha value is -1.32. The number of carbonyl (C=O) groups is 3. The van der Waals surface area contributed by atoms with Gasteiger partial charge in [-0.15, -0.1) is 0 Å². The summed E-state index contributed by atoms with van der Waals surface area (Å²) in [5.41, 5.74) is 5.40. The van der Waals surface area contributed by atoms with Crippen LogP contribution in [0, 0.1) is 0 Å². The van der Waals surface area contributed by atoms with Crippen LogP contribution >= 0.6 is 12.6 Å². The Morgan fingerprint density at radius 2 is 1.74 bits per heavy atom. The third-order valence-corrected chi connectivity index (χ3v) is 2.73. The van der Waals surface area contributed by atoms with E-state index in [1.54, 1.807) is 0 Å². The van der Waals surface area contributed by atoms with Crippen molar-refractivity contribution >= 4 is 30.4 Å². The van der Waals surface area contributed by atoms with Gasteiger partial charge in [-0.3, -0.25) is 14.4 Å². The lowest BCUT2D eigenvalue weighted by molar-refractivity contribution is -0.141. The maximum atomic E-state index is 11.7. The van der Waals surface area contributed by atoms with Gasteiger partial charge in [0.05, 0.1) is 6.10 Å². The molecule has 6 N–H and O–H groups in total. The van der Waals surface area contributed by atoms with E-state index in [0.717, 1.165) is 0 Å². The van der Waals surface area contributed by atoms with Gasteiger partial charge in [0.15, 0.2) is 0 Å². The fourth-order valence-electron chi connectivity index (χ4n) is 1.06. The molecule has 8 nitrogen and oxygen atoms in total. The fourth-order valence-corrected chi connectivity index (χ4v) is 1.31. The SMILES string of the molecule is CC(NC(=O)C(CS)NC(=O)C(N)C(C)O)C(=O)O. The van der Waals surface area contributed by atoms with Gasteiger partial charge < -0.3 is 26.6 Å². The number of aliphatic carboxylic acids is 1. The third kappa shape index (κ3) is 5.90. The van der Waals surface area contributed by atoms with Crippen molar-refractivity contribution in [3.05, 3.63) is 0 Å². The van der Waals surface area contributed by atoms with Gasteiger partial charge in [-0.25, -0.2) is 0 Å². The van der Waals surface area contributed by atoms with Crippen molar-refractivity contribution in [2.24, 2.45) is 5.73 Å². The monoisotopic (exact) mass is 293 g/mol. The van der Waals surface area contributed by atoms with E-state index in [0.29, 0.717) is 0 Å². The number of aliphatic hydroxyl groups excluding tert-OH is 1. The lowest BCUT2D eigenvalue weighted by Crippen LogP contribution is -2.56. The summed E-state index contributed by atoms with van der Waals surface area (Å²) < 4.78 is 0. The van der Waals surface area contributed by atoms with E-state index in [4.69, 9.17) is 15.9 Å². The summed E-state index contributed by atoms with van der Waals surface area (Å²) in [5, 5.41) is 22.3. The van der Waals surface area contributed by atoms with Crippen LogP contribution in [0.5, 0.6) is 0 Å². The fraction of sp³-hybridized carbons (Fsp3) is 0.700. The van der Waals surface area contributed by atoms with E-state index in [1.807, 2.05) is 0 Å². The summed E-state index contributed by atoms with van der Waals surface area (Å²) in [7, 11) is 0. The second kappa shape index (κ2) is 7.97. The minimum absolute atomic E-state index is 0.0313. The zero-order chi connectivity index (χ0) is 15.2. The molecule has 0 aromatic heterocycles. The van der Waals surface area contributed by atoms with Gasteiger partial charge in [-0.2, -0.15) is 12.6 Å². The van der Waals surface area contributed by atoms with Gasteiger partial charge in [0, 0.05) is 5.75 Å². The van der Waals surface area contributed by atoms with E-state index in [-0.39, 0.29) is 5.75 Å². The first-order valence-electron chi connectivity index (χ1n) is 5.58. The van der Waals surface area contributed by atoms with E-state index in [2.05, 4.69) is 23.3 Å². The van der Waals surface area contributed by atoms with Gasteiger partial charge >= 0.3 is 5.97 Å². The van der Waals surface area contributed by atoms with Crippen LogP contribution in [-0.2, 0) is 14.4 Å². The summed E-state index contributed by atoms with van der Waals surface area (Å²) in [6, 6.07) is -3.29. The van der Waals surface area contributed by atoms with E-state index in [1.165, 1.54) is 13.8 Å². The number of aliphatic hydroxyl groups is 1. The first kappa shape index (κ1) is 17.7. The van der Waals surface area contributed by atoms with Crippen LogP contribution in [0.15, 0.2) is 0 Å². The first-order chi connectivity index (χ1) is 8.70. The number of hydrogen-bond donors (Lipinski definition) is 6. The molecule has 0 spiro atoms. The third-order valence-electron chi connectivity index (χ3n) is 2.37. The molecule has 110 valence electrons. The van der Waals surface area contributed by atoms with Crippen molar-refractivity contribution in [2.75, 3.05) is 5.75 Å². The van der Waals surface area contributed by atoms with Crippen LogP contribution < -0.4 is 16.4 Å². The van der Waals surface area contributed by atoms with E-state index < -0.39 is 42.0 Å². The molecular formula is C10H19N3O5S. The molecule has 0 aliphatic carbocycles. The van der Waals surface area contributed by atoms with Crippen molar-refractivity contribution in [3.63, 3.8) is 0 Å². The molecule has 0 saturated carbocycles. The summed E-state index contributed by atoms with van der Waals surface area (Å²) in [6.45, 7) is 2.63. The molecule has 0 bridgehead atoms. The molecule has 0 aliphatic rings. The normalized spacial score (nSPS) is 16.9. The van der Waals surface area contributed by atoms with Crippen LogP contribution in [0.4, 0.5) is 0 Å². The average Bonchev–Trinajstić information content (AvgIpc) is 2.33. The Labute approximate surface area is 116 Å². The second-order valence-corrected chi connectivity index (χ2v) is 4.44. The number of rotatable bonds is 7. The Balaban J connectivity index is 4.54. The zero-order valence-corrected chi connectivity index (χ0v) is 11.6. The molecule has 19 heavy (non-hydrogen) atoms. The van der Waals surface area contributed by atoms with Gasteiger partial charge in [0.2, 0.25) is 11.8 Å². The highest BCUT2D eigenvalue weighted by molar-refractivity contribution is 7.80. The highest BCUT2D eigenvalue weighted by Gasteiger charge is 2.26. The van der Waals surface area contributed by atoms with Crippen LogP contribution in [0.25, 0.3) is 0 Å². The number of carboxylic acid groups (broad SMARTS) is 1. The smallest absolute Gasteiger partial charge is 0.325 e. The Morgan fingerprint density at radius 3 is 2.11 bits per heavy atom. The molecule has 0 radical (unpaired) electrons. The first-order valence-corrected chi connectivity index (χ1v) is 6.22. The molecule has 2 amide bonds. The molecule has 0 aromatic carbocycles. The van der Waals surface area contributed by atoms with Gasteiger partial charge in [-0.1, -0.05) is 0 Å². The molecule has 0 rings (SSSR count). The number of carboxylic acids is 1. The minimum atomic E-state index is -1.20. The van der Waals surface area contributed by atoms with Gasteiger partial charge in [0.1, 0.15) is 18.1 Å². The van der Waals surface area contributed by atoms with E-state index in [9.17, 15) is 14.4 Å². The predicted molar refractivity (Wildman–Crippen MR) is 70.7 cm³/mol. The van der Waals surface area contributed by atoms with Crippen LogP contribution in [0.2, 0.25) is 0 Å². The van der Waals surface area contributed by atoms with Gasteiger partial charge in [0.25, 0.3) is 0 Å². The van der Waals surface area contributed by atoms with E-state index >= 15 is 0 Å². The van der Waals surface area contributed by atoms with Crippen molar-refractivity contribution in [1.82, 2.24) is 10.6 Å². The molecule has 0 heterocycles. The van der Waals surface area contributed by atoms with Crippen molar-refractivity contribution < 1.29 is 24.6 Å². The molecule has 0 aromatic rings.